The van der Waals surface area contributed by atoms with Crippen molar-refractivity contribution < 1.29 is 0 Å². The van der Waals surface area contributed by atoms with E-state index >= 15 is 0 Å². The van der Waals surface area contributed by atoms with Gasteiger partial charge in [0.1, 0.15) is 9.63 Å². The molecule has 0 aliphatic rings. The van der Waals surface area contributed by atoms with Crippen molar-refractivity contribution in [2.24, 2.45) is 0 Å². The molecule has 0 radical (unpaired) electrons. The number of aromatic nitrogens is 3. The highest BCUT2D eigenvalue weighted by Crippen LogP contribution is 2.19. The molecule has 0 saturated heterocycles. The molecule has 2 aromatic rings. The first kappa shape index (κ1) is 10.6. The number of nitrogens with zero attached hydrogens (tertiary/aromatic N) is 3. The maximum absolute atomic E-state index is 11.7. The lowest BCUT2D eigenvalue weighted by Crippen LogP contribution is -2.15. The lowest BCUT2D eigenvalue weighted by atomic mass is 10.4. The Hall–Kier alpha value is -0.880. The molecule has 0 aliphatic carbocycles. The van der Waals surface area contributed by atoms with Crippen molar-refractivity contribution in [2.45, 2.75) is 11.9 Å². The molecule has 0 atom stereocenters. The van der Waals surface area contributed by atoms with Crippen LogP contribution in [0.25, 0.3) is 5.65 Å². The van der Waals surface area contributed by atoms with E-state index in [-0.39, 0.29) is 5.56 Å². The van der Waals surface area contributed by atoms with Crippen molar-refractivity contribution in [3.05, 3.63) is 32.9 Å². The maximum Gasteiger partial charge on any atom is 0.258 e. The molecule has 0 fully saturated rings. The second-order valence-electron chi connectivity index (χ2n) is 3.00. The highest BCUT2D eigenvalue weighted by Gasteiger charge is 2.07. The van der Waals surface area contributed by atoms with Crippen LogP contribution in [0.3, 0.4) is 0 Å². The van der Waals surface area contributed by atoms with Crippen molar-refractivity contribution >= 4 is 33.3 Å². The molecule has 15 heavy (non-hydrogen) atoms. The fourth-order valence-electron chi connectivity index (χ4n) is 1.30. The molecule has 2 heterocycles. The van der Waals surface area contributed by atoms with Crippen LogP contribution < -0.4 is 5.56 Å². The van der Waals surface area contributed by atoms with Gasteiger partial charge in [0.2, 0.25) is 0 Å². The van der Waals surface area contributed by atoms with Crippen LogP contribution in [0.4, 0.5) is 0 Å². The number of halogens is 1. The molecule has 0 N–H and O–H groups in total. The first-order chi connectivity index (χ1) is 7.11. The third-order valence-electron chi connectivity index (χ3n) is 1.91. The Balaban J connectivity index is 2.96. The van der Waals surface area contributed by atoms with Gasteiger partial charge in [0, 0.05) is 18.0 Å². The van der Waals surface area contributed by atoms with E-state index < -0.39 is 0 Å². The molecule has 2 rings (SSSR count). The summed E-state index contributed by atoms with van der Waals surface area (Å²) < 4.78 is 2.13. The first-order valence-corrected chi connectivity index (χ1v) is 6.24. The maximum atomic E-state index is 11.7. The smallest absolute Gasteiger partial charge is 0.258 e. The van der Waals surface area contributed by atoms with Gasteiger partial charge in [-0.2, -0.15) is 0 Å². The van der Waals surface area contributed by atoms with Crippen LogP contribution in [0.2, 0.25) is 0 Å². The van der Waals surface area contributed by atoms with E-state index in [1.807, 2.05) is 6.26 Å². The number of rotatable bonds is 1. The van der Waals surface area contributed by atoms with Crippen LogP contribution >= 0.6 is 27.7 Å². The van der Waals surface area contributed by atoms with E-state index in [4.69, 9.17) is 0 Å². The van der Waals surface area contributed by atoms with Crippen LogP contribution in [0, 0.1) is 6.92 Å². The molecule has 0 spiro atoms. The van der Waals surface area contributed by atoms with Crippen molar-refractivity contribution in [1.29, 1.82) is 0 Å². The standard InChI is InChI=1S/C9H8BrN3OS/c1-5-3-7(14)13-4-6(10)12-9(15-2)8(13)11-5/h3-4H,1-2H3. The normalized spacial score (nSPS) is 10.9. The molecular formula is C9H8BrN3OS. The van der Waals surface area contributed by atoms with Gasteiger partial charge in [-0.3, -0.25) is 9.20 Å². The fraction of sp³-hybridized carbons (Fsp3) is 0.222. The second kappa shape index (κ2) is 3.94. The molecular weight excluding hydrogens is 278 g/mol. The summed E-state index contributed by atoms with van der Waals surface area (Å²) in [5.41, 5.74) is 1.23. The molecule has 2 aromatic heterocycles. The van der Waals surface area contributed by atoms with E-state index in [1.165, 1.54) is 22.2 Å². The minimum absolute atomic E-state index is 0.0871. The summed E-state index contributed by atoms with van der Waals surface area (Å²) in [7, 11) is 0. The van der Waals surface area contributed by atoms with Crippen molar-refractivity contribution in [3.63, 3.8) is 0 Å². The minimum atomic E-state index is -0.0871. The highest BCUT2D eigenvalue weighted by molar-refractivity contribution is 9.10. The van der Waals surface area contributed by atoms with Crippen molar-refractivity contribution in [1.82, 2.24) is 14.4 Å². The van der Waals surface area contributed by atoms with Gasteiger partial charge in [-0.15, -0.1) is 11.8 Å². The molecule has 0 aliphatic heterocycles. The number of hydrogen-bond donors (Lipinski definition) is 0. The van der Waals surface area contributed by atoms with E-state index in [0.717, 1.165) is 5.03 Å². The lowest BCUT2D eigenvalue weighted by molar-refractivity contribution is 0.930. The average molecular weight is 286 g/mol. The fourth-order valence-corrected chi connectivity index (χ4v) is 2.32. The van der Waals surface area contributed by atoms with Gasteiger partial charge in [-0.1, -0.05) is 0 Å². The van der Waals surface area contributed by atoms with E-state index in [1.54, 1.807) is 13.1 Å². The quantitative estimate of drug-likeness (QED) is 0.751. The number of hydrogen-bond acceptors (Lipinski definition) is 4. The van der Waals surface area contributed by atoms with Crippen LogP contribution in [-0.2, 0) is 0 Å². The van der Waals surface area contributed by atoms with E-state index in [2.05, 4.69) is 25.9 Å². The summed E-state index contributed by atoms with van der Waals surface area (Å²) in [5, 5.41) is 0.741. The Labute approximate surface area is 98.9 Å². The Morgan fingerprint density at radius 3 is 2.87 bits per heavy atom. The van der Waals surface area contributed by atoms with Gasteiger partial charge in [0.15, 0.2) is 5.65 Å². The Kier molecular flexibility index (Phi) is 2.79. The van der Waals surface area contributed by atoms with Crippen LogP contribution in [0.15, 0.2) is 26.7 Å². The predicted octanol–water partition coefficient (Wildman–Crippen LogP) is 1.88. The summed E-state index contributed by atoms with van der Waals surface area (Å²) in [6.07, 6.45) is 3.53. The van der Waals surface area contributed by atoms with E-state index in [9.17, 15) is 4.79 Å². The van der Waals surface area contributed by atoms with Crippen molar-refractivity contribution in [3.8, 4) is 0 Å². The molecule has 0 bridgehead atoms. The molecule has 4 nitrogen and oxygen atoms in total. The molecule has 0 aromatic carbocycles. The van der Waals surface area contributed by atoms with Gasteiger partial charge < -0.3 is 0 Å². The van der Waals surface area contributed by atoms with Gasteiger partial charge in [0.25, 0.3) is 5.56 Å². The zero-order valence-electron chi connectivity index (χ0n) is 8.19. The monoisotopic (exact) mass is 285 g/mol. The van der Waals surface area contributed by atoms with Gasteiger partial charge in [-0.25, -0.2) is 9.97 Å². The molecule has 0 saturated carbocycles. The first-order valence-electron chi connectivity index (χ1n) is 4.22. The topological polar surface area (TPSA) is 47.3 Å². The van der Waals surface area contributed by atoms with Gasteiger partial charge in [0.05, 0.1) is 0 Å². The number of aryl methyl sites for hydroxylation is 1. The summed E-state index contributed by atoms with van der Waals surface area (Å²) in [6, 6.07) is 1.50. The van der Waals surface area contributed by atoms with Gasteiger partial charge >= 0.3 is 0 Å². The summed E-state index contributed by atoms with van der Waals surface area (Å²) in [4.78, 5) is 20.3. The van der Waals surface area contributed by atoms with Crippen LogP contribution in [-0.4, -0.2) is 20.6 Å². The Morgan fingerprint density at radius 2 is 2.20 bits per heavy atom. The van der Waals surface area contributed by atoms with Crippen LogP contribution in [0.5, 0.6) is 0 Å². The SMILES string of the molecule is CSc1nc(Br)cn2c(=O)cc(C)nc12. The lowest BCUT2D eigenvalue weighted by Gasteiger charge is -2.05. The number of fused-ring (bicyclic) bond motifs is 1. The van der Waals surface area contributed by atoms with Crippen LogP contribution in [0.1, 0.15) is 5.69 Å². The minimum Gasteiger partial charge on any atom is -0.269 e. The molecule has 6 heteroatoms. The average Bonchev–Trinajstić information content (AvgIpc) is 2.18. The largest absolute Gasteiger partial charge is 0.269 e. The Morgan fingerprint density at radius 1 is 1.47 bits per heavy atom. The third-order valence-corrected chi connectivity index (χ3v) is 2.95. The summed E-state index contributed by atoms with van der Waals surface area (Å²) in [5.74, 6) is 0. The summed E-state index contributed by atoms with van der Waals surface area (Å²) in [6.45, 7) is 1.80. The number of thioether (sulfide) groups is 1. The molecule has 0 unspecified atom stereocenters. The van der Waals surface area contributed by atoms with Gasteiger partial charge in [-0.05, 0) is 29.1 Å². The third kappa shape index (κ3) is 1.91. The Bertz CT molecular complexity index is 581. The van der Waals surface area contributed by atoms with E-state index in [0.29, 0.717) is 15.9 Å². The molecule has 78 valence electrons. The molecule has 0 amide bonds. The van der Waals surface area contributed by atoms with Crippen molar-refractivity contribution in [2.75, 3.05) is 6.26 Å². The zero-order chi connectivity index (χ0) is 11.0. The second-order valence-corrected chi connectivity index (χ2v) is 4.61. The summed E-state index contributed by atoms with van der Waals surface area (Å²) >= 11 is 4.73. The zero-order valence-corrected chi connectivity index (χ0v) is 10.6. The highest BCUT2D eigenvalue weighted by atomic mass is 79.9. The predicted molar refractivity (Wildman–Crippen MR) is 63.5 cm³/mol.